The van der Waals surface area contributed by atoms with Crippen molar-refractivity contribution in [2.24, 2.45) is 17.6 Å². The Morgan fingerprint density at radius 3 is 2.62 bits per heavy atom. The summed E-state index contributed by atoms with van der Waals surface area (Å²) in [6, 6.07) is 6.59. The molecule has 1 aliphatic heterocycles. The second-order valence-electron chi connectivity index (χ2n) is 6.14. The van der Waals surface area contributed by atoms with E-state index in [4.69, 9.17) is 5.73 Å². The Bertz CT molecular complexity index is 671. The van der Waals surface area contributed by atoms with Gasteiger partial charge in [-0.1, -0.05) is 12.1 Å². The molecule has 3 atom stereocenters. The van der Waals surface area contributed by atoms with Crippen LogP contribution in [0.3, 0.4) is 0 Å². The van der Waals surface area contributed by atoms with E-state index in [-0.39, 0.29) is 22.4 Å². The van der Waals surface area contributed by atoms with Gasteiger partial charge in [-0.25, -0.2) is 8.42 Å². The second-order valence-corrected chi connectivity index (χ2v) is 8.13. The number of carbonyl (C=O) groups is 1. The van der Waals surface area contributed by atoms with E-state index >= 15 is 0 Å². The predicted octanol–water partition coefficient (Wildman–Crippen LogP) is 0.899. The van der Waals surface area contributed by atoms with Crippen molar-refractivity contribution in [1.82, 2.24) is 4.90 Å². The zero-order valence-electron chi connectivity index (χ0n) is 12.0. The fraction of sp³-hybridized carbons (Fsp3) is 0.533. The number of likely N-dealkylation sites (tertiary alicyclic amines) is 1. The Morgan fingerprint density at radius 2 is 1.95 bits per heavy atom. The fourth-order valence-electron chi connectivity index (χ4n) is 3.61. The maximum absolute atomic E-state index is 12.7. The Labute approximate surface area is 125 Å². The molecule has 6 heteroatoms. The summed E-state index contributed by atoms with van der Waals surface area (Å²) >= 11 is 0. The van der Waals surface area contributed by atoms with Gasteiger partial charge in [-0.3, -0.25) is 4.79 Å². The zero-order chi connectivity index (χ0) is 15.2. The van der Waals surface area contributed by atoms with Crippen molar-refractivity contribution in [1.29, 1.82) is 0 Å². The highest BCUT2D eigenvalue weighted by atomic mass is 32.2. The molecule has 3 unspecified atom stereocenters. The van der Waals surface area contributed by atoms with Gasteiger partial charge in [0.15, 0.2) is 9.84 Å². The molecule has 1 aromatic carbocycles. The van der Waals surface area contributed by atoms with Gasteiger partial charge in [0, 0.05) is 25.4 Å². The molecule has 1 aliphatic carbocycles. The number of sulfone groups is 1. The molecule has 1 aromatic rings. The number of fused-ring (bicyclic) bond motifs is 1. The first-order valence-electron chi connectivity index (χ1n) is 7.22. The lowest BCUT2D eigenvalue weighted by atomic mass is 9.98. The minimum atomic E-state index is -3.41. The van der Waals surface area contributed by atoms with Crippen LogP contribution in [-0.2, 0) is 9.84 Å². The van der Waals surface area contributed by atoms with Gasteiger partial charge in [0.25, 0.3) is 5.91 Å². The van der Waals surface area contributed by atoms with Gasteiger partial charge in [-0.2, -0.15) is 0 Å². The fourth-order valence-corrected chi connectivity index (χ4v) is 4.49. The highest BCUT2D eigenvalue weighted by Crippen LogP contribution is 2.37. The summed E-state index contributed by atoms with van der Waals surface area (Å²) in [7, 11) is -3.41. The van der Waals surface area contributed by atoms with Crippen LogP contribution in [0.5, 0.6) is 0 Å². The number of carbonyl (C=O) groups excluding carboxylic acids is 1. The topological polar surface area (TPSA) is 80.5 Å². The quantitative estimate of drug-likeness (QED) is 0.880. The van der Waals surface area contributed by atoms with Crippen LogP contribution in [0.4, 0.5) is 0 Å². The van der Waals surface area contributed by atoms with Crippen LogP contribution in [0.2, 0.25) is 0 Å². The molecule has 2 aliphatic rings. The number of hydrogen-bond donors (Lipinski definition) is 1. The van der Waals surface area contributed by atoms with Crippen LogP contribution < -0.4 is 5.73 Å². The van der Waals surface area contributed by atoms with Gasteiger partial charge in [-0.15, -0.1) is 0 Å². The summed E-state index contributed by atoms with van der Waals surface area (Å²) in [5, 5.41) is 0. The third-order valence-corrected chi connectivity index (χ3v) is 5.87. The van der Waals surface area contributed by atoms with Crippen LogP contribution in [0.15, 0.2) is 29.2 Å². The molecule has 3 rings (SSSR count). The van der Waals surface area contributed by atoms with Crippen LogP contribution in [0, 0.1) is 11.8 Å². The first-order valence-corrected chi connectivity index (χ1v) is 9.11. The molecule has 0 spiro atoms. The Hall–Kier alpha value is -1.40. The highest BCUT2D eigenvalue weighted by Gasteiger charge is 2.43. The SMILES string of the molecule is CS(=O)(=O)c1ccccc1C(=O)N1CC2CCC(N)C2C1. The number of hydrogen-bond acceptors (Lipinski definition) is 4. The van der Waals surface area contributed by atoms with Crippen molar-refractivity contribution in [3.8, 4) is 0 Å². The molecule has 1 amide bonds. The van der Waals surface area contributed by atoms with Gasteiger partial charge in [-0.05, 0) is 36.8 Å². The monoisotopic (exact) mass is 308 g/mol. The van der Waals surface area contributed by atoms with Gasteiger partial charge < -0.3 is 10.6 Å². The minimum Gasteiger partial charge on any atom is -0.338 e. The third kappa shape index (κ3) is 2.58. The van der Waals surface area contributed by atoms with Crippen LogP contribution in [-0.4, -0.2) is 44.6 Å². The molecule has 2 N–H and O–H groups in total. The lowest BCUT2D eigenvalue weighted by Crippen LogP contribution is -2.34. The summed E-state index contributed by atoms with van der Waals surface area (Å²) in [4.78, 5) is 14.5. The van der Waals surface area contributed by atoms with Crippen LogP contribution >= 0.6 is 0 Å². The average Bonchev–Trinajstić information content (AvgIpc) is 3.00. The maximum Gasteiger partial charge on any atom is 0.255 e. The smallest absolute Gasteiger partial charge is 0.255 e. The molecule has 0 radical (unpaired) electrons. The van der Waals surface area contributed by atoms with E-state index in [0.29, 0.717) is 24.9 Å². The second kappa shape index (κ2) is 5.10. The molecule has 21 heavy (non-hydrogen) atoms. The molecule has 114 valence electrons. The van der Waals surface area contributed by atoms with Crippen LogP contribution in [0.25, 0.3) is 0 Å². The zero-order valence-corrected chi connectivity index (χ0v) is 12.8. The molecule has 1 heterocycles. The van der Waals surface area contributed by atoms with E-state index in [1.807, 2.05) is 0 Å². The number of rotatable bonds is 2. The van der Waals surface area contributed by atoms with Crippen molar-refractivity contribution in [3.63, 3.8) is 0 Å². The van der Waals surface area contributed by atoms with Crippen molar-refractivity contribution in [2.75, 3.05) is 19.3 Å². The van der Waals surface area contributed by atoms with E-state index in [1.54, 1.807) is 23.1 Å². The Kier molecular flexibility index (Phi) is 3.53. The summed E-state index contributed by atoms with van der Waals surface area (Å²) in [6.45, 7) is 1.33. The summed E-state index contributed by atoms with van der Waals surface area (Å²) in [5.41, 5.74) is 6.36. The summed E-state index contributed by atoms with van der Waals surface area (Å²) in [5.74, 6) is 0.631. The molecular formula is C15H20N2O3S. The molecule has 5 nitrogen and oxygen atoms in total. The summed E-state index contributed by atoms with van der Waals surface area (Å²) in [6.07, 6.45) is 3.22. The number of nitrogens with two attached hydrogens (primary N) is 1. The first-order chi connectivity index (χ1) is 9.88. The van der Waals surface area contributed by atoms with Gasteiger partial charge >= 0.3 is 0 Å². The van der Waals surface area contributed by atoms with Gasteiger partial charge in [0.1, 0.15) is 0 Å². The molecule has 2 fully saturated rings. The number of amides is 1. The van der Waals surface area contributed by atoms with E-state index < -0.39 is 9.84 Å². The van der Waals surface area contributed by atoms with E-state index in [2.05, 4.69) is 0 Å². The maximum atomic E-state index is 12.7. The van der Waals surface area contributed by atoms with Gasteiger partial charge in [0.2, 0.25) is 0 Å². The minimum absolute atomic E-state index is 0.108. The molecular weight excluding hydrogens is 288 g/mol. The predicted molar refractivity (Wildman–Crippen MR) is 79.6 cm³/mol. The van der Waals surface area contributed by atoms with Crippen molar-refractivity contribution < 1.29 is 13.2 Å². The lowest BCUT2D eigenvalue weighted by Gasteiger charge is -2.20. The van der Waals surface area contributed by atoms with E-state index in [1.165, 1.54) is 6.07 Å². The summed E-state index contributed by atoms with van der Waals surface area (Å²) < 4.78 is 23.7. The molecule has 0 bridgehead atoms. The first kappa shape index (κ1) is 14.5. The normalized spacial score (nSPS) is 28.7. The lowest BCUT2D eigenvalue weighted by molar-refractivity contribution is 0.0776. The Balaban J connectivity index is 1.88. The third-order valence-electron chi connectivity index (χ3n) is 4.72. The average molecular weight is 308 g/mol. The van der Waals surface area contributed by atoms with Crippen molar-refractivity contribution >= 4 is 15.7 Å². The van der Waals surface area contributed by atoms with E-state index in [9.17, 15) is 13.2 Å². The standard InChI is InChI=1S/C15H20N2O3S/c1-21(19,20)14-5-3-2-4-11(14)15(18)17-8-10-6-7-13(16)12(10)9-17/h2-5,10,12-13H,6-9,16H2,1H3. The van der Waals surface area contributed by atoms with Crippen LogP contribution in [0.1, 0.15) is 23.2 Å². The number of benzene rings is 1. The van der Waals surface area contributed by atoms with Gasteiger partial charge in [0.05, 0.1) is 10.5 Å². The molecule has 1 saturated heterocycles. The van der Waals surface area contributed by atoms with Crippen molar-refractivity contribution in [2.45, 2.75) is 23.8 Å². The Morgan fingerprint density at radius 1 is 1.24 bits per heavy atom. The number of nitrogens with zero attached hydrogens (tertiary/aromatic N) is 1. The largest absolute Gasteiger partial charge is 0.338 e. The molecule has 1 saturated carbocycles. The van der Waals surface area contributed by atoms with E-state index in [0.717, 1.165) is 19.1 Å². The highest BCUT2D eigenvalue weighted by molar-refractivity contribution is 7.90. The molecule has 0 aromatic heterocycles. The van der Waals surface area contributed by atoms with Crippen molar-refractivity contribution in [3.05, 3.63) is 29.8 Å².